The first-order valence-electron chi connectivity index (χ1n) is 6.74. The zero-order valence-corrected chi connectivity index (χ0v) is 13.2. The van der Waals surface area contributed by atoms with E-state index in [9.17, 15) is 20.0 Å². The highest BCUT2D eigenvalue weighted by molar-refractivity contribution is 9.10. The third-order valence-electron chi connectivity index (χ3n) is 3.70. The second-order valence-corrected chi connectivity index (χ2v) is 6.47. The molecule has 2 unspecified atom stereocenters. The van der Waals surface area contributed by atoms with Crippen LogP contribution in [0, 0.1) is 22.0 Å². The van der Waals surface area contributed by atoms with E-state index in [1.807, 2.05) is 13.0 Å². The molecule has 6 nitrogen and oxygen atoms in total. The van der Waals surface area contributed by atoms with Gasteiger partial charge in [0.05, 0.1) is 15.3 Å². The normalized spacial score (nSPS) is 23.0. The number of rotatable bonds is 4. The van der Waals surface area contributed by atoms with E-state index in [-0.39, 0.29) is 11.6 Å². The average molecular weight is 357 g/mol. The lowest BCUT2D eigenvalue weighted by Crippen LogP contribution is -2.41. The Balaban J connectivity index is 2.12. The molecule has 7 heteroatoms. The van der Waals surface area contributed by atoms with Gasteiger partial charge in [-0.25, -0.2) is 0 Å². The van der Waals surface area contributed by atoms with Crippen molar-refractivity contribution in [2.45, 2.75) is 19.9 Å². The van der Waals surface area contributed by atoms with E-state index in [1.54, 1.807) is 12.1 Å². The summed E-state index contributed by atoms with van der Waals surface area (Å²) in [6.45, 7) is 3.87. The van der Waals surface area contributed by atoms with Crippen molar-refractivity contribution in [2.24, 2.45) is 11.8 Å². The predicted molar refractivity (Wildman–Crippen MR) is 81.0 cm³/mol. The minimum Gasteiger partial charge on any atom is -0.481 e. The van der Waals surface area contributed by atoms with Gasteiger partial charge in [-0.15, -0.1) is 0 Å². The number of nitro groups is 1. The number of aliphatic carboxylic acids is 1. The fourth-order valence-corrected chi connectivity index (χ4v) is 3.22. The molecule has 0 saturated carbocycles. The average Bonchev–Trinajstić information content (AvgIpc) is 2.40. The van der Waals surface area contributed by atoms with Crippen molar-refractivity contribution in [3.05, 3.63) is 38.3 Å². The van der Waals surface area contributed by atoms with Gasteiger partial charge in [0.15, 0.2) is 0 Å². The summed E-state index contributed by atoms with van der Waals surface area (Å²) in [7, 11) is 0. The number of nitrogens with zero attached hydrogens (tertiary/aromatic N) is 2. The van der Waals surface area contributed by atoms with Crippen LogP contribution >= 0.6 is 15.9 Å². The van der Waals surface area contributed by atoms with Crippen LogP contribution in [0.5, 0.6) is 0 Å². The van der Waals surface area contributed by atoms with Gasteiger partial charge in [-0.2, -0.15) is 0 Å². The summed E-state index contributed by atoms with van der Waals surface area (Å²) in [6, 6.07) is 5.03. The fourth-order valence-electron chi connectivity index (χ4n) is 2.82. The number of carboxylic acid groups (broad SMARTS) is 1. The second kappa shape index (κ2) is 6.53. The van der Waals surface area contributed by atoms with Crippen molar-refractivity contribution in [1.82, 2.24) is 4.90 Å². The summed E-state index contributed by atoms with van der Waals surface area (Å²) in [5.74, 6) is -0.821. The molecular weight excluding hydrogens is 340 g/mol. The first kappa shape index (κ1) is 15.9. The quantitative estimate of drug-likeness (QED) is 0.662. The Hall–Kier alpha value is -1.47. The van der Waals surface area contributed by atoms with Gasteiger partial charge in [-0.1, -0.05) is 13.0 Å². The van der Waals surface area contributed by atoms with Gasteiger partial charge in [0.2, 0.25) is 0 Å². The molecule has 1 heterocycles. The van der Waals surface area contributed by atoms with Crippen LogP contribution in [0.3, 0.4) is 0 Å². The molecule has 0 aliphatic carbocycles. The lowest BCUT2D eigenvalue weighted by atomic mass is 9.90. The van der Waals surface area contributed by atoms with Gasteiger partial charge < -0.3 is 5.11 Å². The number of halogens is 1. The number of hydrogen-bond acceptors (Lipinski definition) is 4. The number of carbonyl (C=O) groups is 1. The Morgan fingerprint density at radius 1 is 1.52 bits per heavy atom. The summed E-state index contributed by atoms with van der Waals surface area (Å²) in [4.78, 5) is 23.7. The number of nitro benzene ring substituents is 1. The molecule has 0 spiro atoms. The van der Waals surface area contributed by atoms with Crippen molar-refractivity contribution < 1.29 is 14.8 Å². The number of piperidine rings is 1. The zero-order chi connectivity index (χ0) is 15.6. The molecule has 1 fully saturated rings. The molecule has 114 valence electrons. The zero-order valence-electron chi connectivity index (χ0n) is 11.7. The van der Waals surface area contributed by atoms with Crippen molar-refractivity contribution in [3.8, 4) is 0 Å². The molecule has 0 aromatic heterocycles. The van der Waals surface area contributed by atoms with Crippen LogP contribution in [0.25, 0.3) is 0 Å². The molecular formula is C14H17BrN2O4. The van der Waals surface area contributed by atoms with E-state index in [1.165, 1.54) is 0 Å². The van der Waals surface area contributed by atoms with Crippen molar-refractivity contribution >= 4 is 27.6 Å². The number of likely N-dealkylation sites (tertiary alicyclic amines) is 1. The molecule has 1 aromatic carbocycles. The third-order valence-corrected chi connectivity index (χ3v) is 4.37. The topological polar surface area (TPSA) is 83.7 Å². The maximum absolute atomic E-state index is 11.2. The van der Waals surface area contributed by atoms with E-state index in [4.69, 9.17) is 0 Å². The number of hydrogen-bond donors (Lipinski definition) is 1. The van der Waals surface area contributed by atoms with Crippen LogP contribution in [0.15, 0.2) is 22.7 Å². The SMILES string of the molecule is CC1CC(C(=O)O)CN(Cc2ccc(Br)c([N+](=O)[O-])c2)C1. The Kier molecular flexibility index (Phi) is 4.95. The number of carboxylic acids is 1. The monoisotopic (exact) mass is 356 g/mol. The first-order valence-corrected chi connectivity index (χ1v) is 7.54. The van der Waals surface area contributed by atoms with Crippen LogP contribution in [0.1, 0.15) is 18.9 Å². The third kappa shape index (κ3) is 4.01. The molecule has 1 N–H and O–H groups in total. The van der Waals surface area contributed by atoms with Crippen LogP contribution in [0.2, 0.25) is 0 Å². The van der Waals surface area contributed by atoms with E-state index in [2.05, 4.69) is 20.8 Å². The number of benzene rings is 1. The predicted octanol–water partition coefficient (Wildman–Crippen LogP) is 2.90. The minimum atomic E-state index is -0.770. The van der Waals surface area contributed by atoms with Gasteiger partial charge >= 0.3 is 5.97 Å². The van der Waals surface area contributed by atoms with Crippen molar-refractivity contribution in [2.75, 3.05) is 13.1 Å². The van der Waals surface area contributed by atoms with Gasteiger partial charge in [0, 0.05) is 25.7 Å². The molecule has 0 radical (unpaired) electrons. The summed E-state index contributed by atoms with van der Waals surface area (Å²) in [6.07, 6.45) is 0.687. The Labute approximate surface area is 131 Å². The molecule has 0 bridgehead atoms. The summed E-state index contributed by atoms with van der Waals surface area (Å²) >= 11 is 3.16. The highest BCUT2D eigenvalue weighted by Gasteiger charge is 2.29. The summed E-state index contributed by atoms with van der Waals surface area (Å²) < 4.78 is 0.451. The molecule has 0 amide bonds. The maximum Gasteiger partial charge on any atom is 0.307 e. The molecule has 21 heavy (non-hydrogen) atoms. The molecule has 1 aliphatic rings. The highest BCUT2D eigenvalue weighted by Crippen LogP contribution is 2.28. The van der Waals surface area contributed by atoms with Crippen molar-refractivity contribution in [3.63, 3.8) is 0 Å². The van der Waals surface area contributed by atoms with E-state index >= 15 is 0 Å². The molecule has 2 atom stereocenters. The Morgan fingerprint density at radius 3 is 2.86 bits per heavy atom. The molecule has 1 aliphatic heterocycles. The van der Waals surface area contributed by atoms with Gasteiger partial charge in [-0.05, 0) is 39.9 Å². The minimum absolute atomic E-state index is 0.0346. The standard InChI is InChI=1S/C14H17BrN2O4/c1-9-4-11(14(18)19)8-16(6-9)7-10-2-3-12(15)13(5-10)17(20)21/h2-3,5,9,11H,4,6-8H2,1H3,(H,18,19). The molecule has 2 rings (SSSR count). The van der Waals surface area contributed by atoms with Crippen LogP contribution in [-0.2, 0) is 11.3 Å². The Morgan fingerprint density at radius 2 is 2.24 bits per heavy atom. The largest absolute Gasteiger partial charge is 0.481 e. The smallest absolute Gasteiger partial charge is 0.307 e. The maximum atomic E-state index is 11.2. The van der Waals surface area contributed by atoms with Crippen molar-refractivity contribution in [1.29, 1.82) is 0 Å². The van der Waals surface area contributed by atoms with Crippen LogP contribution in [-0.4, -0.2) is 34.0 Å². The van der Waals surface area contributed by atoms with Gasteiger partial charge in [0.25, 0.3) is 5.69 Å². The van der Waals surface area contributed by atoms with E-state index < -0.39 is 10.9 Å². The Bertz CT molecular complexity index is 564. The lowest BCUT2D eigenvalue weighted by Gasteiger charge is -2.34. The lowest BCUT2D eigenvalue weighted by molar-refractivity contribution is -0.385. The molecule has 1 aromatic rings. The molecule has 1 saturated heterocycles. The summed E-state index contributed by atoms with van der Waals surface area (Å²) in [5.41, 5.74) is 0.857. The first-order chi connectivity index (χ1) is 9.86. The summed E-state index contributed by atoms with van der Waals surface area (Å²) in [5, 5.41) is 20.1. The van der Waals surface area contributed by atoms with E-state index in [0.717, 1.165) is 12.1 Å². The highest BCUT2D eigenvalue weighted by atomic mass is 79.9. The van der Waals surface area contributed by atoms with Gasteiger partial charge in [-0.3, -0.25) is 19.8 Å². The van der Waals surface area contributed by atoms with Crippen LogP contribution < -0.4 is 0 Å². The van der Waals surface area contributed by atoms with Gasteiger partial charge in [0.1, 0.15) is 0 Å². The van der Waals surface area contributed by atoms with E-state index in [0.29, 0.717) is 29.9 Å². The van der Waals surface area contributed by atoms with Crippen LogP contribution in [0.4, 0.5) is 5.69 Å². The fraction of sp³-hybridized carbons (Fsp3) is 0.500. The second-order valence-electron chi connectivity index (χ2n) is 5.61.